The first-order chi connectivity index (χ1) is 8.04. The van der Waals surface area contributed by atoms with Gasteiger partial charge in [0.05, 0.1) is 16.6 Å². The van der Waals surface area contributed by atoms with Crippen LogP contribution in [0.5, 0.6) is 0 Å². The van der Waals surface area contributed by atoms with E-state index in [9.17, 15) is 4.79 Å². The lowest BCUT2D eigenvalue weighted by Gasteiger charge is -2.16. The van der Waals surface area contributed by atoms with Crippen LogP contribution in [-0.4, -0.2) is 21.9 Å². The van der Waals surface area contributed by atoms with Gasteiger partial charge in [0.1, 0.15) is 0 Å². The van der Waals surface area contributed by atoms with Crippen molar-refractivity contribution in [3.05, 3.63) is 29.6 Å². The summed E-state index contributed by atoms with van der Waals surface area (Å²) in [6, 6.07) is 3.29. The fraction of sp³-hybridized carbons (Fsp3) is 0.417. The molecule has 17 heavy (non-hydrogen) atoms. The van der Waals surface area contributed by atoms with Crippen molar-refractivity contribution >= 4 is 23.1 Å². The first-order valence-corrected chi connectivity index (χ1v) is 5.98. The lowest BCUT2D eigenvalue weighted by Crippen LogP contribution is -2.43. The van der Waals surface area contributed by atoms with Crippen molar-refractivity contribution in [2.75, 3.05) is 0 Å². The summed E-state index contributed by atoms with van der Waals surface area (Å²) in [6.07, 6.45) is 3.21. The molecule has 1 amide bonds. The van der Waals surface area contributed by atoms with E-state index < -0.39 is 0 Å². The Kier molecular flexibility index (Phi) is 5.03. The van der Waals surface area contributed by atoms with Gasteiger partial charge in [0.2, 0.25) is 0 Å². The second-order valence-electron chi connectivity index (χ2n) is 3.91. The normalized spacial score (nSPS) is 11.9. The Morgan fingerprint density at radius 2 is 2.29 bits per heavy atom. The molecule has 0 saturated heterocycles. The number of nitrogens with two attached hydrogens (primary N) is 1. The second-order valence-corrected chi connectivity index (χ2v) is 4.38. The zero-order valence-electron chi connectivity index (χ0n) is 10.1. The van der Waals surface area contributed by atoms with E-state index >= 15 is 0 Å². The van der Waals surface area contributed by atoms with Crippen molar-refractivity contribution in [1.29, 1.82) is 0 Å². The number of amides is 1. The maximum absolute atomic E-state index is 11.9. The quantitative estimate of drug-likeness (QED) is 0.780. The molecule has 1 heterocycles. The predicted octanol–water partition coefficient (Wildman–Crippen LogP) is 1.57. The number of carbonyl (C=O) groups is 1. The van der Waals surface area contributed by atoms with Gasteiger partial charge < -0.3 is 11.1 Å². The Balaban J connectivity index is 2.70. The number of nitrogens with one attached hydrogen (secondary N) is 1. The van der Waals surface area contributed by atoms with Gasteiger partial charge in [-0.3, -0.25) is 9.78 Å². The molecular weight excluding hydrogens is 234 g/mol. The fourth-order valence-corrected chi connectivity index (χ4v) is 1.59. The molecule has 0 aliphatic rings. The van der Waals surface area contributed by atoms with E-state index in [-0.39, 0.29) is 11.9 Å². The highest BCUT2D eigenvalue weighted by Crippen LogP contribution is 2.02. The molecule has 0 aromatic carbocycles. The van der Waals surface area contributed by atoms with Crippen molar-refractivity contribution in [2.45, 2.75) is 32.7 Å². The number of pyridine rings is 1. The predicted molar refractivity (Wildman–Crippen MR) is 71.9 cm³/mol. The van der Waals surface area contributed by atoms with Gasteiger partial charge >= 0.3 is 0 Å². The zero-order valence-corrected chi connectivity index (χ0v) is 10.9. The number of rotatable bonds is 5. The van der Waals surface area contributed by atoms with Gasteiger partial charge in [-0.2, -0.15) is 0 Å². The SMILES string of the molecule is CCCC(NC(=O)c1ccc(C)nc1)C(N)=S. The van der Waals surface area contributed by atoms with E-state index in [4.69, 9.17) is 18.0 Å². The Labute approximate surface area is 107 Å². The molecule has 1 aromatic rings. The highest BCUT2D eigenvalue weighted by Gasteiger charge is 2.15. The molecule has 1 unspecified atom stereocenters. The van der Waals surface area contributed by atoms with Crippen LogP contribution < -0.4 is 11.1 Å². The van der Waals surface area contributed by atoms with E-state index in [0.717, 1.165) is 18.5 Å². The number of aryl methyl sites for hydroxylation is 1. The molecule has 0 aliphatic heterocycles. The molecule has 5 heteroatoms. The maximum Gasteiger partial charge on any atom is 0.253 e. The van der Waals surface area contributed by atoms with Gasteiger partial charge in [-0.15, -0.1) is 0 Å². The molecule has 1 rings (SSSR count). The van der Waals surface area contributed by atoms with Crippen LogP contribution in [0, 0.1) is 6.92 Å². The van der Waals surface area contributed by atoms with Crippen molar-refractivity contribution in [3.8, 4) is 0 Å². The van der Waals surface area contributed by atoms with Crippen LogP contribution in [0.2, 0.25) is 0 Å². The molecule has 1 atom stereocenters. The van der Waals surface area contributed by atoms with Gasteiger partial charge in [-0.1, -0.05) is 25.6 Å². The summed E-state index contributed by atoms with van der Waals surface area (Å²) in [5.41, 5.74) is 6.97. The third-order valence-electron chi connectivity index (χ3n) is 2.40. The molecule has 0 saturated carbocycles. The molecule has 0 fully saturated rings. The maximum atomic E-state index is 11.9. The molecule has 92 valence electrons. The number of hydrogen-bond donors (Lipinski definition) is 2. The highest BCUT2D eigenvalue weighted by molar-refractivity contribution is 7.80. The zero-order chi connectivity index (χ0) is 12.8. The third kappa shape index (κ3) is 4.11. The molecule has 1 aromatic heterocycles. The monoisotopic (exact) mass is 251 g/mol. The minimum absolute atomic E-state index is 0.191. The average Bonchev–Trinajstić information content (AvgIpc) is 2.29. The van der Waals surface area contributed by atoms with Gasteiger partial charge in [0, 0.05) is 11.9 Å². The summed E-state index contributed by atoms with van der Waals surface area (Å²) in [5.74, 6) is -0.191. The van der Waals surface area contributed by atoms with E-state index in [1.807, 2.05) is 13.8 Å². The summed E-state index contributed by atoms with van der Waals surface area (Å²) in [7, 11) is 0. The van der Waals surface area contributed by atoms with Gasteiger partial charge in [0.25, 0.3) is 5.91 Å². The van der Waals surface area contributed by atoms with Crippen molar-refractivity contribution in [1.82, 2.24) is 10.3 Å². The van der Waals surface area contributed by atoms with Crippen LogP contribution >= 0.6 is 12.2 Å². The van der Waals surface area contributed by atoms with E-state index in [1.165, 1.54) is 0 Å². The summed E-state index contributed by atoms with van der Waals surface area (Å²) in [4.78, 5) is 16.3. The Morgan fingerprint density at radius 1 is 1.59 bits per heavy atom. The van der Waals surface area contributed by atoms with Crippen LogP contribution in [0.3, 0.4) is 0 Å². The van der Waals surface area contributed by atoms with Crippen LogP contribution in [0.4, 0.5) is 0 Å². The Morgan fingerprint density at radius 3 is 2.76 bits per heavy atom. The summed E-state index contributed by atoms with van der Waals surface area (Å²) < 4.78 is 0. The highest BCUT2D eigenvalue weighted by atomic mass is 32.1. The first-order valence-electron chi connectivity index (χ1n) is 5.57. The van der Waals surface area contributed by atoms with Gasteiger partial charge in [-0.25, -0.2) is 0 Å². The van der Waals surface area contributed by atoms with E-state index in [2.05, 4.69) is 10.3 Å². The number of nitrogens with zero attached hydrogens (tertiary/aromatic N) is 1. The Bertz CT molecular complexity index is 403. The molecular formula is C12H17N3OS. The lowest BCUT2D eigenvalue weighted by atomic mass is 10.1. The fourth-order valence-electron chi connectivity index (χ4n) is 1.42. The van der Waals surface area contributed by atoms with Crippen LogP contribution in [0.15, 0.2) is 18.3 Å². The molecule has 0 aliphatic carbocycles. The lowest BCUT2D eigenvalue weighted by molar-refractivity contribution is 0.0945. The van der Waals surface area contributed by atoms with Crippen molar-refractivity contribution in [2.24, 2.45) is 5.73 Å². The standard InChI is InChI=1S/C12H17N3OS/c1-3-4-10(11(13)17)15-12(16)9-6-5-8(2)14-7-9/h5-7,10H,3-4H2,1-2H3,(H2,13,17)(H,15,16). The van der Waals surface area contributed by atoms with Crippen LogP contribution in [0.25, 0.3) is 0 Å². The topological polar surface area (TPSA) is 68.0 Å². The molecule has 3 N–H and O–H groups in total. The minimum atomic E-state index is -0.246. The molecule has 4 nitrogen and oxygen atoms in total. The Hall–Kier alpha value is -1.49. The second kappa shape index (κ2) is 6.30. The minimum Gasteiger partial charge on any atom is -0.392 e. The largest absolute Gasteiger partial charge is 0.392 e. The van der Waals surface area contributed by atoms with E-state index in [1.54, 1.807) is 18.3 Å². The smallest absolute Gasteiger partial charge is 0.253 e. The number of carbonyl (C=O) groups excluding carboxylic acids is 1. The number of aromatic nitrogens is 1. The van der Waals surface area contributed by atoms with Crippen LogP contribution in [-0.2, 0) is 0 Å². The summed E-state index contributed by atoms with van der Waals surface area (Å²) in [6.45, 7) is 3.89. The molecule has 0 radical (unpaired) electrons. The first kappa shape index (κ1) is 13.6. The number of thiocarbonyl (C=S) groups is 1. The van der Waals surface area contributed by atoms with E-state index in [0.29, 0.717) is 10.6 Å². The molecule has 0 spiro atoms. The van der Waals surface area contributed by atoms with Gasteiger partial charge in [-0.05, 0) is 25.5 Å². The van der Waals surface area contributed by atoms with Gasteiger partial charge in [0.15, 0.2) is 0 Å². The summed E-state index contributed by atoms with van der Waals surface area (Å²) >= 11 is 4.92. The van der Waals surface area contributed by atoms with Crippen molar-refractivity contribution < 1.29 is 4.79 Å². The third-order valence-corrected chi connectivity index (χ3v) is 2.68. The van der Waals surface area contributed by atoms with Crippen molar-refractivity contribution in [3.63, 3.8) is 0 Å². The number of hydrogen-bond acceptors (Lipinski definition) is 3. The van der Waals surface area contributed by atoms with Crippen LogP contribution in [0.1, 0.15) is 35.8 Å². The molecule has 0 bridgehead atoms. The average molecular weight is 251 g/mol. The summed E-state index contributed by atoms with van der Waals surface area (Å²) in [5, 5.41) is 2.81.